The number of phenols is 1. The molecule has 5 nitrogen and oxygen atoms in total. The van der Waals surface area contributed by atoms with E-state index in [2.05, 4.69) is 5.32 Å². The minimum absolute atomic E-state index is 0.107. The molecule has 1 unspecified atom stereocenters. The van der Waals surface area contributed by atoms with Gasteiger partial charge in [-0.1, -0.05) is 6.07 Å². The van der Waals surface area contributed by atoms with Crippen LogP contribution in [0, 0.1) is 5.82 Å². The van der Waals surface area contributed by atoms with Crippen LogP contribution in [0.15, 0.2) is 18.2 Å². The van der Waals surface area contributed by atoms with E-state index in [0.29, 0.717) is 18.7 Å². The molecule has 0 saturated heterocycles. The molecule has 6 heteroatoms. The Labute approximate surface area is 118 Å². The first kappa shape index (κ1) is 16.4. The van der Waals surface area contributed by atoms with Gasteiger partial charge in [-0.3, -0.25) is 9.69 Å². The normalized spacial score (nSPS) is 12.4. The molecule has 20 heavy (non-hydrogen) atoms. The lowest BCUT2D eigenvalue weighted by Gasteiger charge is -2.25. The number of rotatable bonds is 7. The average Bonchev–Trinajstić information content (AvgIpc) is 2.38. The quantitative estimate of drug-likeness (QED) is 0.741. The van der Waals surface area contributed by atoms with Gasteiger partial charge in [-0.25, -0.2) is 4.39 Å². The predicted octanol–water partition coefficient (Wildman–Crippen LogP) is 1.29. The summed E-state index contributed by atoms with van der Waals surface area (Å²) in [5, 5.41) is 12.5. The van der Waals surface area contributed by atoms with Crippen LogP contribution in [0.25, 0.3) is 0 Å². The minimum atomic E-state index is -0.488. The number of aromatic hydroxyl groups is 1. The molecule has 0 radical (unpaired) electrons. The van der Waals surface area contributed by atoms with Gasteiger partial charge in [-0.15, -0.1) is 0 Å². The molecule has 0 saturated carbocycles. The number of phenolic OH excluding ortho intramolecular Hbond substituents is 1. The molecule has 0 bridgehead atoms. The number of likely N-dealkylation sites (N-methyl/N-ethyl adjacent to an activating group) is 1. The fourth-order valence-electron chi connectivity index (χ4n) is 1.82. The standard InChI is InChI=1S/C14H21FN2O3/c1-10(12-5-4-11(15)8-13(12)18)17(2)9-14(19)16-6-7-20-3/h4-5,8,10,18H,6-7,9H2,1-3H3,(H,16,19). The summed E-state index contributed by atoms with van der Waals surface area (Å²) >= 11 is 0. The van der Waals surface area contributed by atoms with Crippen LogP contribution in [0.1, 0.15) is 18.5 Å². The van der Waals surface area contributed by atoms with Crippen molar-refractivity contribution >= 4 is 5.91 Å². The molecule has 1 amide bonds. The molecule has 0 spiro atoms. The summed E-state index contributed by atoms with van der Waals surface area (Å²) in [6, 6.07) is 3.68. The van der Waals surface area contributed by atoms with Crippen molar-refractivity contribution in [1.29, 1.82) is 0 Å². The molecule has 1 aromatic rings. The maximum atomic E-state index is 12.9. The van der Waals surface area contributed by atoms with Crippen molar-refractivity contribution in [2.45, 2.75) is 13.0 Å². The van der Waals surface area contributed by atoms with Gasteiger partial charge in [0, 0.05) is 31.3 Å². The zero-order valence-corrected chi connectivity index (χ0v) is 12.0. The van der Waals surface area contributed by atoms with Gasteiger partial charge in [0.05, 0.1) is 13.2 Å². The van der Waals surface area contributed by atoms with Crippen molar-refractivity contribution < 1.29 is 19.0 Å². The second-order valence-corrected chi connectivity index (χ2v) is 4.64. The highest BCUT2D eigenvalue weighted by Crippen LogP contribution is 2.27. The lowest BCUT2D eigenvalue weighted by molar-refractivity contribution is -0.122. The number of amides is 1. The van der Waals surface area contributed by atoms with E-state index < -0.39 is 5.82 Å². The first-order valence-electron chi connectivity index (χ1n) is 6.40. The van der Waals surface area contributed by atoms with Gasteiger partial charge in [0.15, 0.2) is 0 Å². The third kappa shape index (κ3) is 4.79. The first-order chi connectivity index (χ1) is 9.45. The highest BCUT2D eigenvalue weighted by molar-refractivity contribution is 5.78. The zero-order chi connectivity index (χ0) is 15.1. The summed E-state index contributed by atoms with van der Waals surface area (Å²) in [5.41, 5.74) is 0.582. The lowest BCUT2D eigenvalue weighted by atomic mass is 10.1. The SMILES string of the molecule is COCCNC(=O)CN(C)C(C)c1ccc(F)cc1O. The molecule has 1 atom stereocenters. The van der Waals surface area contributed by atoms with Crippen LogP contribution in [-0.2, 0) is 9.53 Å². The van der Waals surface area contributed by atoms with Crippen LogP contribution in [0.5, 0.6) is 5.75 Å². The van der Waals surface area contributed by atoms with Crippen molar-refractivity contribution in [3.8, 4) is 5.75 Å². The van der Waals surface area contributed by atoms with Crippen molar-refractivity contribution in [1.82, 2.24) is 10.2 Å². The molecular weight excluding hydrogens is 263 g/mol. The Morgan fingerprint density at radius 3 is 2.85 bits per heavy atom. The van der Waals surface area contributed by atoms with Crippen molar-refractivity contribution in [3.63, 3.8) is 0 Å². The number of carbonyl (C=O) groups excluding carboxylic acids is 1. The van der Waals surface area contributed by atoms with Gasteiger partial charge in [0.25, 0.3) is 0 Å². The smallest absolute Gasteiger partial charge is 0.234 e. The van der Waals surface area contributed by atoms with Gasteiger partial charge in [-0.2, -0.15) is 0 Å². The third-order valence-corrected chi connectivity index (χ3v) is 3.13. The van der Waals surface area contributed by atoms with Crippen LogP contribution in [0.4, 0.5) is 4.39 Å². The Kier molecular flexibility index (Phi) is 6.41. The van der Waals surface area contributed by atoms with Gasteiger partial charge < -0.3 is 15.2 Å². The highest BCUT2D eigenvalue weighted by atomic mass is 19.1. The van der Waals surface area contributed by atoms with E-state index in [9.17, 15) is 14.3 Å². The summed E-state index contributed by atoms with van der Waals surface area (Å²) in [4.78, 5) is 13.4. The molecular formula is C14H21FN2O3. The number of nitrogens with one attached hydrogen (secondary N) is 1. The van der Waals surface area contributed by atoms with E-state index >= 15 is 0 Å². The molecule has 1 rings (SSSR count). The fraction of sp³-hybridized carbons (Fsp3) is 0.500. The van der Waals surface area contributed by atoms with Gasteiger partial charge >= 0.3 is 0 Å². The number of halogens is 1. The molecule has 112 valence electrons. The second kappa shape index (κ2) is 7.81. The lowest BCUT2D eigenvalue weighted by Crippen LogP contribution is -2.37. The summed E-state index contributed by atoms with van der Waals surface area (Å²) in [5.74, 6) is -0.722. The number of carbonyl (C=O) groups is 1. The maximum absolute atomic E-state index is 12.9. The summed E-state index contributed by atoms with van der Waals surface area (Å²) in [6.45, 7) is 2.94. The van der Waals surface area contributed by atoms with E-state index in [0.717, 1.165) is 6.07 Å². The van der Waals surface area contributed by atoms with Crippen molar-refractivity contribution in [2.75, 3.05) is 33.9 Å². The Bertz CT molecular complexity index is 454. The first-order valence-corrected chi connectivity index (χ1v) is 6.40. The van der Waals surface area contributed by atoms with Crippen LogP contribution >= 0.6 is 0 Å². The number of methoxy groups -OCH3 is 1. The molecule has 2 N–H and O–H groups in total. The Hall–Kier alpha value is -1.66. The minimum Gasteiger partial charge on any atom is -0.508 e. The molecule has 0 aliphatic carbocycles. The average molecular weight is 284 g/mol. The number of hydrogen-bond donors (Lipinski definition) is 2. The predicted molar refractivity (Wildman–Crippen MR) is 74.0 cm³/mol. The molecule has 0 fully saturated rings. The summed E-state index contributed by atoms with van der Waals surface area (Å²) in [6.07, 6.45) is 0. The Balaban J connectivity index is 2.58. The fourth-order valence-corrected chi connectivity index (χ4v) is 1.82. The van der Waals surface area contributed by atoms with Crippen molar-refractivity contribution in [2.24, 2.45) is 0 Å². The highest BCUT2D eigenvalue weighted by Gasteiger charge is 2.17. The van der Waals surface area contributed by atoms with E-state index in [1.165, 1.54) is 12.1 Å². The topological polar surface area (TPSA) is 61.8 Å². The molecule has 0 aromatic heterocycles. The monoisotopic (exact) mass is 284 g/mol. The van der Waals surface area contributed by atoms with E-state index in [4.69, 9.17) is 4.74 Å². The van der Waals surface area contributed by atoms with Crippen LogP contribution in [0.2, 0.25) is 0 Å². The van der Waals surface area contributed by atoms with E-state index in [-0.39, 0.29) is 24.2 Å². The zero-order valence-electron chi connectivity index (χ0n) is 12.0. The molecule has 1 aromatic carbocycles. The largest absolute Gasteiger partial charge is 0.508 e. The van der Waals surface area contributed by atoms with Crippen LogP contribution in [0.3, 0.4) is 0 Å². The molecule has 0 aliphatic rings. The number of hydrogen-bond acceptors (Lipinski definition) is 4. The Morgan fingerprint density at radius 1 is 1.55 bits per heavy atom. The Morgan fingerprint density at radius 2 is 2.25 bits per heavy atom. The second-order valence-electron chi connectivity index (χ2n) is 4.64. The van der Waals surface area contributed by atoms with E-state index in [1.807, 2.05) is 6.92 Å². The van der Waals surface area contributed by atoms with Crippen LogP contribution < -0.4 is 5.32 Å². The molecule has 0 aliphatic heterocycles. The summed E-state index contributed by atoms with van der Waals surface area (Å²) in [7, 11) is 3.33. The van der Waals surface area contributed by atoms with E-state index in [1.54, 1.807) is 19.1 Å². The number of nitrogens with zero attached hydrogens (tertiary/aromatic N) is 1. The van der Waals surface area contributed by atoms with Gasteiger partial charge in [0.1, 0.15) is 11.6 Å². The number of benzene rings is 1. The third-order valence-electron chi connectivity index (χ3n) is 3.13. The van der Waals surface area contributed by atoms with Gasteiger partial charge in [-0.05, 0) is 20.0 Å². The summed E-state index contributed by atoms with van der Waals surface area (Å²) < 4.78 is 17.8. The van der Waals surface area contributed by atoms with Crippen molar-refractivity contribution in [3.05, 3.63) is 29.6 Å². The van der Waals surface area contributed by atoms with Crippen LogP contribution in [-0.4, -0.2) is 49.8 Å². The number of ether oxygens (including phenoxy) is 1. The maximum Gasteiger partial charge on any atom is 0.234 e. The molecule has 0 heterocycles. The van der Waals surface area contributed by atoms with Gasteiger partial charge in [0.2, 0.25) is 5.91 Å².